The lowest BCUT2D eigenvalue weighted by Gasteiger charge is -2.09. The average Bonchev–Trinajstić information content (AvgIpc) is 2.70. The van der Waals surface area contributed by atoms with E-state index in [0.717, 1.165) is 11.3 Å². The van der Waals surface area contributed by atoms with Crippen LogP contribution in [0.2, 0.25) is 5.02 Å². The third-order valence-corrected chi connectivity index (χ3v) is 4.15. The summed E-state index contributed by atoms with van der Waals surface area (Å²) in [7, 11) is 1.31. The van der Waals surface area contributed by atoms with Gasteiger partial charge in [0, 0.05) is 28.8 Å². The molecular formula is C20H17ClN4O3. The molecule has 142 valence electrons. The Hall–Kier alpha value is -3.45. The van der Waals surface area contributed by atoms with E-state index in [1.54, 1.807) is 30.3 Å². The predicted molar refractivity (Wildman–Crippen MR) is 107 cm³/mol. The molecule has 0 atom stereocenters. The van der Waals surface area contributed by atoms with E-state index in [9.17, 15) is 9.59 Å². The number of amides is 1. The predicted octanol–water partition coefficient (Wildman–Crippen LogP) is 4.22. The second kappa shape index (κ2) is 8.49. The van der Waals surface area contributed by atoms with Crippen molar-refractivity contribution in [2.45, 2.75) is 6.92 Å². The molecule has 28 heavy (non-hydrogen) atoms. The quantitative estimate of drug-likeness (QED) is 0.627. The molecule has 1 heterocycles. The largest absolute Gasteiger partial charge is 0.465 e. The van der Waals surface area contributed by atoms with Gasteiger partial charge in [-0.15, -0.1) is 0 Å². The van der Waals surface area contributed by atoms with Gasteiger partial charge in [-0.1, -0.05) is 11.6 Å². The number of benzene rings is 2. The number of hydrogen-bond acceptors (Lipinski definition) is 6. The molecular weight excluding hydrogens is 380 g/mol. The van der Waals surface area contributed by atoms with Crippen molar-refractivity contribution in [3.63, 3.8) is 0 Å². The first kappa shape index (κ1) is 19.3. The maximum Gasteiger partial charge on any atom is 0.337 e. The molecule has 1 aromatic heterocycles. The summed E-state index contributed by atoms with van der Waals surface area (Å²) in [6, 6.07) is 11.8. The van der Waals surface area contributed by atoms with Crippen molar-refractivity contribution in [3.05, 3.63) is 76.6 Å². The molecule has 1 amide bonds. The number of halogens is 1. The molecule has 0 spiro atoms. The van der Waals surface area contributed by atoms with Crippen LogP contribution in [0.15, 0.2) is 54.9 Å². The van der Waals surface area contributed by atoms with E-state index in [4.69, 9.17) is 11.6 Å². The third-order valence-electron chi connectivity index (χ3n) is 3.91. The third kappa shape index (κ3) is 4.63. The number of carbonyl (C=O) groups excluding carboxylic acids is 2. The summed E-state index contributed by atoms with van der Waals surface area (Å²) in [6.07, 6.45) is 2.86. The lowest BCUT2D eigenvalue weighted by molar-refractivity contribution is 0.0600. The van der Waals surface area contributed by atoms with Gasteiger partial charge in [0.15, 0.2) is 0 Å². The number of carbonyl (C=O) groups is 2. The first-order chi connectivity index (χ1) is 13.5. The smallest absolute Gasteiger partial charge is 0.337 e. The zero-order valence-corrected chi connectivity index (χ0v) is 15.9. The highest BCUT2D eigenvalue weighted by Gasteiger charge is 2.10. The van der Waals surface area contributed by atoms with Crippen molar-refractivity contribution in [1.82, 2.24) is 9.97 Å². The van der Waals surface area contributed by atoms with Crippen molar-refractivity contribution >= 4 is 40.8 Å². The van der Waals surface area contributed by atoms with E-state index in [2.05, 4.69) is 25.3 Å². The van der Waals surface area contributed by atoms with Crippen LogP contribution in [0.4, 0.5) is 17.3 Å². The summed E-state index contributed by atoms with van der Waals surface area (Å²) < 4.78 is 4.64. The number of ether oxygens (including phenoxy) is 1. The van der Waals surface area contributed by atoms with Crippen LogP contribution < -0.4 is 10.6 Å². The molecule has 3 aromatic rings. The summed E-state index contributed by atoms with van der Waals surface area (Å²) in [5.74, 6) is -0.435. The van der Waals surface area contributed by atoms with Crippen molar-refractivity contribution in [2.75, 3.05) is 17.7 Å². The molecule has 0 saturated heterocycles. The number of aryl methyl sites for hydroxylation is 1. The van der Waals surface area contributed by atoms with Gasteiger partial charge in [-0.05, 0) is 55.0 Å². The Morgan fingerprint density at radius 1 is 1.00 bits per heavy atom. The van der Waals surface area contributed by atoms with Crippen LogP contribution >= 0.6 is 11.6 Å². The Kier molecular flexibility index (Phi) is 5.86. The maximum atomic E-state index is 12.3. The van der Waals surface area contributed by atoms with Crippen molar-refractivity contribution in [3.8, 4) is 0 Å². The maximum absolute atomic E-state index is 12.3. The molecule has 0 unspecified atom stereocenters. The minimum atomic E-state index is -0.440. The zero-order chi connectivity index (χ0) is 20.1. The zero-order valence-electron chi connectivity index (χ0n) is 15.2. The van der Waals surface area contributed by atoms with E-state index < -0.39 is 5.97 Å². The lowest BCUT2D eigenvalue weighted by atomic mass is 10.2. The number of esters is 1. The van der Waals surface area contributed by atoms with E-state index in [1.165, 1.54) is 19.5 Å². The highest BCUT2D eigenvalue weighted by molar-refractivity contribution is 6.30. The number of rotatable bonds is 5. The SMILES string of the molecule is COC(=O)c1ccc(NC(=O)c2cnc(Nc3ccc(Cl)cc3C)nc2)cc1. The number of methoxy groups -OCH3 is 1. The average molecular weight is 397 g/mol. The number of hydrogen-bond donors (Lipinski definition) is 2. The Bertz CT molecular complexity index is 1000. The topological polar surface area (TPSA) is 93.2 Å². The second-order valence-electron chi connectivity index (χ2n) is 5.90. The van der Waals surface area contributed by atoms with Gasteiger partial charge in [-0.2, -0.15) is 0 Å². The number of aromatic nitrogens is 2. The van der Waals surface area contributed by atoms with Gasteiger partial charge in [0.25, 0.3) is 5.91 Å². The van der Waals surface area contributed by atoms with Gasteiger partial charge in [0.1, 0.15) is 0 Å². The molecule has 0 fully saturated rings. The molecule has 8 heteroatoms. The minimum absolute atomic E-state index is 0.301. The van der Waals surface area contributed by atoms with Crippen LogP contribution in [-0.2, 0) is 4.74 Å². The van der Waals surface area contributed by atoms with Gasteiger partial charge in [-0.3, -0.25) is 4.79 Å². The number of nitrogens with zero attached hydrogens (tertiary/aromatic N) is 2. The summed E-state index contributed by atoms with van der Waals surface area (Å²) in [5, 5.41) is 6.45. The van der Waals surface area contributed by atoms with Crippen LogP contribution in [0.3, 0.4) is 0 Å². The van der Waals surface area contributed by atoms with Crippen LogP contribution in [0.1, 0.15) is 26.3 Å². The Morgan fingerprint density at radius 3 is 2.29 bits per heavy atom. The first-order valence-electron chi connectivity index (χ1n) is 8.31. The molecule has 0 bridgehead atoms. The monoisotopic (exact) mass is 396 g/mol. The van der Waals surface area contributed by atoms with Gasteiger partial charge in [-0.25, -0.2) is 14.8 Å². The molecule has 2 N–H and O–H groups in total. The van der Waals surface area contributed by atoms with Crippen LogP contribution in [-0.4, -0.2) is 29.0 Å². The van der Waals surface area contributed by atoms with Crippen molar-refractivity contribution in [2.24, 2.45) is 0 Å². The molecule has 0 aliphatic heterocycles. The van der Waals surface area contributed by atoms with Gasteiger partial charge < -0.3 is 15.4 Å². The van der Waals surface area contributed by atoms with E-state index in [-0.39, 0.29) is 5.91 Å². The highest BCUT2D eigenvalue weighted by Crippen LogP contribution is 2.22. The minimum Gasteiger partial charge on any atom is -0.465 e. The summed E-state index contributed by atoms with van der Waals surface area (Å²) in [6.45, 7) is 1.92. The summed E-state index contributed by atoms with van der Waals surface area (Å²) in [5.41, 5.74) is 3.02. The highest BCUT2D eigenvalue weighted by atomic mass is 35.5. The molecule has 3 rings (SSSR count). The fraction of sp³-hybridized carbons (Fsp3) is 0.100. The Balaban J connectivity index is 1.65. The molecule has 0 radical (unpaired) electrons. The van der Waals surface area contributed by atoms with E-state index >= 15 is 0 Å². The second-order valence-corrected chi connectivity index (χ2v) is 6.34. The normalized spacial score (nSPS) is 10.2. The molecule has 0 aliphatic rings. The molecule has 0 saturated carbocycles. The molecule has 7 nitrogen and oxygen atoms in total. The van der Waals surface area contributed by atoms with Gasteiger partial charge in [0.2, 0.25) is 5.95 Å². The van der Waals surface area contributed by atoms with Gasteiger partial charge in [0.05, 0.1) is 18.2 Å². The van der Waals surface area contributed by atoms with E-state index in [0.29, 0.717) is 27.8 Å². The van der Waals surface area contributed by atoms with Crippen molar-refractivity contribution in [1.29, 1.82) is 0 Å². The van der Waals surface area contributed by atoms with Crippen LogP contribution in [0, 0.1) is 6.92 Å². The van der Waals surface area contributed by atoms with Crippen LogP contribution in [0.25, 0.3) is 0 Å². The lowest BCUT2D eigenvalue weighted by Crippen LogP contribution is -2.13. The number of nitrogens with one attached hydrogen (secondary N) is 2. The Labute approximate surface area is 166 Å². The summed E-state index contributed by atoms with van der Waals surface area (Å²) >= 11 is 5.95. The molecule has 0 aliphatic carbocycles. The first-order valence-corrected chi connectivity index (χ1v) is 8.69. The molecule has 2 aromatic carbocycles. The van der Waals surface area contributed by atoms with Crippen LogP contribution in [0.5, 0.6) is 0 Å². The fourth-order valence-electron chi connectivity index (χ4n) is 2.41. The number of anilines is 3. The standard InChI is InChI=1S/C20H17ClN4O3/c1-12-9-15(21)5-8-17(12)25-20-22-10-14(11-23-20)18(26)24-16-6-3-13(4-7-16)19(27)28-2/h3-11H,1-2H3,(H,24,26)(H,22,23,25). The van der Waals surface area contributed by atoms with Crippen molar-refractivity contribution < 1.29 is 14.3 Å². The summed E-state index contributed by atoms with van der Waals surface area (Å²) in [4.78, 5) is 32.1. The Morgan fingerprint density at radius 2 is 1.68 bits per heavy atom. The van der Waals surface area contributed by atoms with Gasteiger partial charge >= 0.3 is 5.97 Å². The fourth-order valence-corrected chi connectivity index (χ4v) is 2.64. The van der Waals surface area contributed by atoms with E-state index in [1.807, 2.05) is 19.1 Å².